The van der Waals surface area contributed by atoms with Gasteiger partial charge in [-0.1, -0.05) is 42.5 Å². The number of nitrogens with one attached hydrogen (secondary N) is 1. The lowest BCUT2D eigenvalue weighted by Crippen LogP contribution is -2.41. The molecule has 1 amide bonds. The van der Waals surface area contributed by atoms with Gasteiger partial charge in [0.2, 0.25) is 15.9 Å². The average molecular weight is 439 g/mol. The Morgan fingerprint density at radius 2 is 1.74 bits per heavy atom. The molecule has 1 N–H and O–H groups in total. The van der Waals surface area contributed by atoms with Gasteiger partial charge in [0.05, 0.1) is 23.3 Å². The van der Waals surface area contributed by atoms with Crippen molar-refractivity contribution in [1.82, 2.24) is 14.1 Å². The molecule has 0 bridgehead atoms. The number of rotatable bonds is 6. The maximum atomic E-state index is 12.7. The normalized spacial score (nSPS) is 15.6. The molecule has 8 heteroatoms. The van der Waals surface area contributed by atoms with E-state index < -0.39 is 10.0 Å². The van der Waals surface area contributed by atoms with Crippen LogP contribution >= 0.6 is 0 Å². The van der Waals surface area contributed by atoms with Crippen molar-refractivity contribution < 1.29 is 13.2 Å². The molecule has 2 heterocycles. The molecule has 0 saturated carbocycles. The van der Waals surface area contributed by atoms with Crippen LogP contribution in [0.1, 0.15) is 24.0 Å². The monoisotopic (exact) mass is 438 g/mol. The molecule has 0 spiro atoms. The van der Waals surface area contributed by atoms with Crippen LogP contribution in [0.25, 0.3) is 0 Å². The molecule has 2 aromatic carbocycles. The minimum atomic E-state index is -3.51. The van der Waals surface area contributed by atoms with Crippen LogP contribution in [0.15, 0.2) is 71.9 Å². The Bertz CT molecular complexity index is 1150. The summed E-state index contributed by atoms with van der Waals surface area (Å²) >= 11 is 0. The van der Waals surface area contributed by atoms with E-state index in [4.69, 9.17) is 0 Å². The van der Waals surface area contributed by atoms with Crippen LogP contribution in [0.2, 0.25) is 0 Å². The molecule has 0 aliphatic carbocycles. The molecule has 1 aliphatic heterocycles. The third-order valence-electron chi connectivity index (χ3n) is 5.70. The van der Waals surface area contributed by atoms with Gasteiger partial charge in [-0.05, 0) is 43.0 Å². The van der Waals surface area contributed by atoms with E-state index in [9.17, 15) is 13.2 Å². The summed E-state index contributed by atoms with van der Waals surface area (Å²) in [4.78, 5) is 13.0. The van der Waals surface area contributed by atoms with Crippen molar-refractivity contribution in [2.45, 2.75) is 31.2 Å². The van der Waals surface area contributed by atoms with Crippen LogP contribution in [0.4, 0.5) is 5.69 Å². The van der Waals surface area contributed by atoms with Crippen LogP contribution in [0.5, 0.6) is 0 Å². The van der Waals surface area contributed by atoms with Gasteiger partial charge in [-0.3, -0.25) is 9.48 Å². The predicted molar refractivity (Wildman–Crippen MR) is 119 cm³/mol. The number of hydrogen-bond donors (Lipinski definition) is 1. The molecule has 1 aliphatic rings. The number of anilines is 1. The van der Waals surface area contributed by atoms with Gasteiger partial charge in [0.1, 0.15) is 0 Å². The Morgan fingerprint density at radius 1 is 1.06 bits per heavy atom. The van der Waals surface area contributed by atoms with Crippen molar-refractivity contribution in [2.24, 2.45) is 5.92 Å². The number of hydrogen-bond acceptors (Lipinski definition) is 4. The predicted octanol–water partition coefficient (Wildman–Crippen LogP) is 3.28. The quantitative estimate of drug-likeness (QED) is 0.640. The number of aryl methyl sites for hydroxylation is 1. The second-order valence-corrected chi connectivity index (χ2v) is 9.77. The van der Waals surface area contributed by atoms with Crippen LogP contribution in [0, 0.1) is 12.8 Å². The Kier molecular flexibility index (Phi) is 6.20. The summed E-state index contributed by atoms with van der Waals surface area (Å²) in [6.45, 7) is 3.37. The van der Waals surface area contributed by atoms with Crippen molar-refractivity contribution in [3.63, 3.8) is 0 Å². The van der Waals surface area contributed by atoms with Crippen molar-refractivity contribution >= 4 is 21.6 Å². The molecule has 162 valence electrons. The van der Waals surface area contributed by atoms with E-state index in [0.717, 1.165) is 0 Å². The summed E-state index contributed by atoms with van der Waals surface area (Å²) in [5.41, 5.74) is 3.02. The molecule has 0 radical (unpaired) electrons. The number of aromatic nitrogens is 2. The van der Waals surface area contributed by atoms with Crippen molar-refractivity contribution in [3.05, 3.63) is 78.1 Å². The summed E-state index contributed by atoms with van der Waals surface area (Å²) in [6, 6.07) is 16.5. The van der Waals surface area contributed by atoms with Crippen molar-refractivity contribution in [2.75, 3.05) is 18.4 Å². The number of carbonyl (C=O) groups is 1. The highest BCUT2D eigenvalue weighted by atomic mass is 32.2. The van der Waals surface area contributed by atoms with Gasteiger partial charge in [0, 0.05) is 25.2 Å². The summed E-state index contributed by atoms with van der Waals surface area (Å²) in [5, 5.41) is 7.27. The molecule has 1 aromatic heterocycles. The molecule has 0 atom stereocenters. The van der Waals surface area contributed by atoms with E-state index in [0.29, 0.717) is 43.1 Å². The first-order valence-corrected chi connectivity index (χ1v) is 11.8. The minimum absolute atomic E-state index is 0.0906. The topological polar surface area (TPSA) is 84.3 Å². The van der Waals surface area contributed by atoms with Crippen LogP contribution < -0.4 is 5.32 Å². The Morgan fingerprint density at radius 3 is 2.45 bits per heavy atom. The molecule has 1 fully saturated rings. The number of carbonyl (C=O) groups excluding carboxylic acids is 1. The van der Waals surface area contributed by atoms with Crippen LogP contribution in [0.3, 0.4) is 0 Å². The summed E-state index contributed by atoms with van der Waals surface area (Å²) in [6.07, 6.45) is 4.45. The van der Waals surface area contributed by atoms with E-state index >= 15 is 0 Å². The van der Waals surface area contributed by atoms with E-state index in [1.807, 2.05) is 18.3 Å². The first kappa shape index (κ1) is 21.3. The molecule has 3 aromatic rings. The Hall–Kier alpha value is -2.97. The second-order valence-electron chi connectivity index (χ2n) is 7.83. The Labute approximate surface area is 182 Å². The minimum Gasteiger partial charge on any atom is -0.323 e. The third kappa shape index (κ3) is 4.86. The van der Waals surface area contributed by atoms with Gasteiger partial charge < -0.3 is 5.32 Å². The summed E-state index contributed by atoms with van der Waals surface area (Å²) in [5.74, 6) is -0.311. The third-order valence-corrected chi connectivity index (χ3v) is 7.61. The number of piperidine rings is 1. The number of amides is 1. The SMILES string of the molecule is Cc1ccccc1Cn1cc(NC(=O)C2CCN(S(=O)(=O)c3ccccc3)CC2)cn1. The molecule has 31 heavy (non-hydrogen) atoms. The van der Waals surface area contributed by atoms with E-state index in [1.54, 1.807) is 41.2 Å². The maximum absolute atomic E-state index is 12.7. The lowest BCUT2D eigenvalue weighted by molar-refractivity contribution is -0.120. The first-order valence-electron chi connectivity index (χ1n) is 10.4. The molecule has 7 nitrogen and oxygen atoms in total. The van der Waals surface area contributed by atoms with E-state index in [1.165, 1.54) is 15.4 Å². The smallest absolute Gasteiger partial charge is 0.243 e. The van der Waals surface area contributed by atoms with Gasteiger partial charge in [-0.25, -0.2) is 8.42 Å². The van der Waals surface area contributed by atoms with E-state index in [2.05, 4.69) is 29.5 Å². The molecule has 1 saturated heterocycles. The van der Waals surface area contributed by atoms with Gasteiger partial charge in [0.25, 0.3) is 0 Å². The molecule has 0 unspecified atom stereocenters. The van der Waals surface area contributed by atoms with Crippen molar-refractivity contribution in [3.8, 4) is 0 Å². The fourth-order valence-electron chi connectivity index (χ4n) is 3.82. The number of nitrogens with zero attached hydrogens (tertiary/aromatic N) is 3. The second kappa shape index (κ2) is 9.03. The highest BCUT2D eigenvalue weighted by molar-refractivity contribution is 7.89. The number of benzene rings is 2. The fraction of sp³-hybridized carbons (Fsp3) is 0.304. The molecular weight excluding hydrogens is 412 g/mol. The standard InChI is InChI=1S/C23H26N4O3S/c1-18-7-5-6-8-20(18)16-26-17-21(15-24-26)25-23(28)19-11-13-27(14-12-19)31(29,30)22-9-3-2-4-10-22/h2-10,15,17,19H,11-14,16H2,1H3,(H,25,28). The summed E-state index contributed by atoms with van der Waals surface area (Å²) in [7, 11) is -3.51. The zero-order chi connectivity index (χ0) is 21.8. The summed E-state index contributed by atoms with van der Waals surface area (Å²) < 4.78 is 28.8. The van der Waals surface area contributed by atoms with Crippen LogP contribution in [-0.2, 0) is 21.4 Å². The molecule has 4 rings (SSSR count). The Balaban J connectivity index is 1.33. The lowest BCUT2D eigenvalue weighted by atomic mass is 9.97. The zero-order valence-electron chi connectivity index (χ0n) is 17.4. The van der Waals surface area contributed by atoms with Gasteiger partial charge in [-0.15, -0.1) is 0 Å². The average Bonchev–Trinajstić information content (AvgIpc) is 3.23. The number of sulfonamides is 1. The fourth-order valence-corrected chi connectivity index (χ4v) is 5.31. The zero-order valence-corrected chi connectivity index (χ0v) is 18.3. The largest absolute Gasteiger partial charge is 0.323 e. The highest BCUT2D eigenvalue weighted by Gasteiger charge is 2.32. The lowest BCUT2D eigenvalue weighted by Gasteiger charge is -2.30. The van der Waals surface area contributed by atoms with E-state index in [-0.39, 0.29) is 11.8 Å². The van der Waals surface area contributed by atoms with Crippen LogP contribution in [-0.4, -0.2) is 41.5 Å². The highest BCUT2D eigenvalue weighted by Crippen LogP contribution is 2.25. The molecular formula is C23H26N4O3S. The first-order chi connectivity index (χ1) is 14.9. The van der Waals surface area contributed by atoms with Gasteiger partial charge in [0.15, 0.2) is 0 Å². The van der Waals surface area contributed by atoms with Crippen molar-refractivity contribution in [1.29, 1.82) is 0 Å². The van der Waals surface area contributed by atoms with Gasteiger partial charge in [-0.2, -0.15) is 9.40 Å². The van der Waals surface area contributed by atoms with Gasteiger partial charge >= 0.3 is 0 Å². The maximum Gasteiger partial charge on any atom is 0.243 e.